The van der Waals surface area contributed by atoms with Crippen LogP contribution in [0.15, 0.2) is 66.7 Å². The number of hydrogen-bond acceptors (Lipinski definition) is 3. The number of cyclic esters (lactones) is 1. The number of carboxylic acids is 1. The molecule has 2 atom stereocenters. The Kier molecular flexibility index (Phi) is 6.51. The number of carbonyl (C=O) groups excluding carboxylic acids is 1. The van der Waals surface area contributed by atoms with Gasteiger partial charge in [0, 0.05) is 0 Å². The van der Waals surface area contributed by atoms with Gasteiger partial charge in [0.2, 0.25) is 0 Å². The molecule has 3 aromatic rings. The molecule has 1 N–H and O–H groups in total. The monoisotopic (exact) mass is 487 g/mol. The largest absolute Gasteiger partial charge is 0.481 e. The Labute approximate surface area is 198 Å². The van der Waals surface area contributed by atoms with E-state index in [2.05, 4.69) is 0 Å². The molecule has 4 rings (SSSR count). The number of ether oxygens (including phenoxy) is 1. The molecule has 1 saturated heterocycles. The Morgan fingerprint density at radius 2 is 1.74 bits per heavy atom. The van der Waals surface area contributed by atoms with Crippen molar-refractivity contribution in [1.29, 1.82) is 0 Å². The van der Waals surface area contributed by atoms with E-state index in [9.17, 15) is 27.2 Å². The van der Waals surface area contributed by atoms with E-state index in [0.29, 0.717) is 11.1 Å². The first-order valence-electron chi connectivity index (χ1n) is 10.8. The summed E-state index contributed by atoms with van der Waals surface area (Å²) in [6.07, 6.45) is -6.45. The topological polar surface area (TPSA) is 66.8 Å². The third kappa shape index (κ3) is 5.13. The number of amides is 1. The number of benzene rings is 3. The second-order valence-corrected chi connectivity index (χ2v) is 8.33. The van der Waals surface area contributed by atoms with Crippen molar-refractivity contribution in [1.82, 2.24) is 4.90 Å². The first-order chi connectivity index (χ1) is 16.5. The summed E-state index contributed by atoms with van der Waals surface area (Å²) >= 11 is 0. The standard InChI is InChI=1S/C26H21F4NO4/c1-15-24(16-5-3-2-4-6-16)35-25(34)31(15)14-19-12-20(26(28,29)30)8-9-21(19)17-7-10-22(27)18(11-17)13-23(32)33/h2-12,15,24H,13-14H2,1H3,(H,32,33)/t15-,24-/m0/s1. The van der Waals surface area contributed by atoms with Crippen molar-refractivity contribution < 1.29 is 37.0 Å². The van der Waals surface area contributed by atoms with Crippen molar-refractivity contribution >= 4 is 12.1 Å². The highest BCUT2D eigenvalue weighted by Crippen LogP contribution is 2.38. The van der Waals surface area contributed by atoms with Crippen molar-refractivity contribution in [2.24, 2.45) is 0 Å². The number of alkyl halides is 3. The van der Waals surface area contributed by atoms with Crippen LogP contribution in [0.2, 0.25) is 0 Å². The maximum Gasteiger partial charge on any atom is 0.416 e. The van der Waals surface area contributed by atoms with Gasteiger partial charge in [0.15, 0.2) is 0 Å². The number of carbonyl (C=O) groups is 2. The van der Waals surface area contributed by atoms with Crippen LogP contribution in [0.25, 0.3) is 11.1 Å². The highest BCUT2D eigenvalue weighted by molar-refractivity contribution is 5.75. The van der Waals surface area contributed by atoms with Crippen LogP contribution in [0, 0.1) is 5.82 Å². The molecule has 0 aromatic heterocycles. The van der Waals surface area contributed by atoms with E-state index in [0.717, 1.165) is 23.8 Å². The Morgan fingerprint density at radius 1 is 1.03 bits per heavy atom. The third-order valence-corrected chi connectivity index (χ3v) is 5.99. The van der Waals surface area contributed by atoms with Gasteiger partial charge in [-0.3, -0.25) is 9.69 Å². The van der Waals surface area contributed by atoms with E-state index < -0.39 is 48.2 Å². The Morgan fingerprint density at radius 3 is 2.40 bits per heavy atom. The zero-order valence-electron chi connectivity index (χ0n) is 18.6. The van der Waals surface area contributed by atoms with Gasteiger partial charge >= 0.3 is 18.2 Å². The average molecular weight is 487 g/mol. The summed E-state index contributed by atoms with van der Waals surface area (Å²) in [7, 11) is 0. The zero-order valence-corrected chi connectivity index (χ0v) is 18.6. The van der Waals surface area contributed by atoms with Crippen molar-refractivity contribution in [3.8, 4) is 11.1 Å². The third-order valence-electron chi connectivity index (χ3n) is 5.99. The maximum atomic E-state index is 14.1. The van der Waals surface area contributed by atoms with E-state index >= 15 is 0 Å². The summed E-state index contributed by atoms with van der Waals surface area (Å²) in [6.45, 7) is 1.56. The Hall–Kier alpha value is -3.88. The second-order valence-electron chi connectivity index (χ2n) is 8.33. The van der Waals surface area contributed by atoms with Gasteiger partial charge in [-0.15, -0.1) is 0 Å². The van der Waals surface area contributed by atoms with Crippen LogP contribution in [0.3, 0.4) is 0 Å². The zero-order chi connectivity index (χ0) is 25.3. The predicted octanol–water partition coefficient (Wildman–Crippen LogP) is 6.22. The Balaban J connectivity index is 1.74. The van der Waals surface area contributed by atoms with Crippen LogP contribution in [0.1, 0.15) is 35.3 Å². The molecule has 1 aliphatic heterocycles. The fraction of sp³-hybridized carbons (Fsp3) is 0.231. The normalized spacial score (nSPS) is 18.0. The van der Waals surface area contributed by atoms with Crippen molar-refractivity contribution in [2.45, 2.75) is 38.2 Å². The quantitative estimate of drug-likeness (QED) is 0.419. The van der Waals surface area contributed by atoms with Gasteiger partial charge in [-0.1, -0.05) is 42.5 Å². The molecule has 1 fully saturated rings. The van der Waals surface area contributed by atoms with E-state index in [4.69, 9.17) is 9.84 Å². The van der Waals surface area contributed by atoms with Crippen LogP contribution in [-0.2, 0) is 28.7 Å². The molecule has 1 heterocycles. The lowest BCUT2D eigenvalue weighted by Gasteiger charge is -2.23. The minimum atomic E-state index is -4.62. The van der Waals surface area contributed by atoms with Gasteiger partial charge in [0.25, 0.3) is 0 Å². The summed E-state index contributed by atoms with van der Waals surface area (Å²) in [6, 6.07) is 15.4. The highest BCUT2D eigenvalue weighted by Gasteiger charge is 2.40. The van der Waals surface area contributed by atoms with Crippen molar-refractivity contribution in [2.75, 3.05) is 0 Å². The number of rotatable bonds is 6. The van der Waals surface area contributed by atoms with Crippen molar-refractivity contribution in [3.05, 3.63) is 94.8 Å². The van der Waals surface area contributed by atoms with Gasteiger partial charge in [0.05, 0.1) is 24.6 Å². The summed E-state index contributed by atoms with van der Waals surface area (Å²) < 4.78 is 60.1. The minimum absolute atomic E-state index is 0.0982. The van der Waals surface area contributed by atoms with Crippen LogP contribution < -0.4 is 0 Å². The molecule has 0 radical (unpaired) electrons. The number of halogens is 4. The van der Waals surface area contributed by atoms with Crippen LogP contribution in [0.5, 0.6) is 0 Å². The molecular weight excluding hydrogens is 466 g/mol. The number of hydrogen-bond donors (Lipinski definition) is 1. The van der Waals surface area contributed by atoms with Gasteiger partial charge in [-0.05, 0) is 59.0 Å². The minimum Gasteiger partial charge on any atom is -0.481 e. The molecule has 9 heteroatoms. The predicted molar refractivity (Wildman–Crippen MR) is 119 cm³/mol. The van der Waals surface area contributed by atoms with Gasteiger partial charge < -0.3 is 9.84 Å². The van der Waals surface area contributed by atoms with E-state index in [1.54, 1.807) is 31.2 Å². The first-order valence-corrected chi connectivity index (χ1v) is 10.8. The molecule has 5 nitrogen and oxygen atoms in total. The molecule has 1 amide bonds. The molecule has 0 unspecified atom stereocenters. The summed E-state index contributed by atoms with van der Waals surface area (Å²) in [5.41, 5.74) is 0.601. The SMILES string of the molecule is C[C@H]1[C@@H](c2ccccc2)OC(=O)N1Cc1cc(C(F)(F)F)ccc1-c1ccc(F)c(CC(=O)O)c1. The molecule has 1 aliphatic rings. The molecule has 0 spiro atoms. The number of aliphatic carboxylic acids is 1. The van der Waals surface area contributed by atoms with Crippen LogP contribution in [-0.4, -0.2) is 28.1 Å². The van der Waals surface area contributed by atoms with E-state index in [1.165, 1.54) is 23.1 Å². The Bertz CT molecular complexity index is 1260. The number of nitrogens with zero attached hydrogens (tertiary/aromatic N) is 1. The second kappa shape index (κ2) is 9.40. The molecular formula is C26H21F4NO4. The van der Waals surface area contributed by atoms with Crippen LogP contribution in [0.4, 0.5) is 22.4 Å². The molecule has 182 valence electrons. The van der Waals surface area contributed by atoms with E-state index in [1.807, 2.05) is 6.07 Å². The van der Waals surface area contributed by atoms with Crippen molar-refractivity contribution in [3.63, 3.8) is 0 Å². The maximum absolute atomic E-state index is 14.1. The summed E-state index contributed by atoms with van der Waals surface area (Å²) in [4.78, 5) is 25.1. The van der Waals surface area contributed by atoms with Crippen LogP contribution >= 0.6 is 0 Å². The van der Waals surface area contributed by atoms with Gasteiger partial charge in [0.1, 0.15) is 11.9 Å². The summed E-state index contributed by atoms with van der Waals surface area (Å²) in [5.74, 6) is -1.97. The molecule has 0 saturated carbocycles. The fourth-order valence-corrected chi connectivity index (χ4v) is 4.21. The molecule has 0 aliphatic carbocycles. The lowest BCUT2D eigenvalue weighted by molar-refractivity contribution is -0.138. The first kappa shape index (κ1) is 24.3. The molecule has 0 bridgehead atoms. The highest BCUT2D eigenvalue weighted by atomic mass is 19.4. The average Bonchev–Trinajstić information content (AvgIpc) is 3.08. The van der Waals surface area contributed by atoms with Gasteiger partial charge in [-0.25, -0.2) is 9.18 Å². The number of carboxylic acid groups (broad SMARTS) is 1. The van der Waals surface area contributed by atoms with Gasteiger partial charge in [-0.2, -0.15) is 13.2 Å². The lowest BCUT2D eigenvalue weighted by Crippen LogP contribution is -2.31. The van der Waals surface area contributed by atoms with E-state index in [-0.39, 0.29) is 17.7 Å². The lowest BCUT2D eigenvalue weighted by atomic mass is 9.94. The molecule has 35 heavy (non-hydrogen) atoms. The summed E-state index contributed by atoms with van der Waals surface area (Å²) in [5, 5.41) is 9.05. The molecule has 3 aromatic carbocycles. The fourth-order valence-electron chi connectivity index (χ4n) is 4.21. The smallest absolute Gasteiger partial charge is 0.416 e.